The van der Waals surface area contributed by atoms with Gasteiger partial charge in [-0.2, -0.15) is 5.10 Å². The van der Waals surface area contributed by atoms with Crippen LogP contribution < -0.4 is 0 Å². The van der Waals surface area contributed by atoms with Gasteiger partial charge in [0, 0.05) is 34.5 Å². The summed E-state index contributed by atoms with van der Waals surface area (Å²) in [5.74, 6) is 0.205. The fourth-order valence-corrected chi connectivity index (χ4v) is 4.85. The molecule has 9 heteroatoms. The molecule has 1 saturated carbocycles. The van der Waals surface area contributed by atoms with Crippen LogP contribution in [-0.2, 0) is 4.74 Å². The molecular weight excluding hydrogens is 455 g/mol. The molecule has 0 amide bonds. The fraction of sp³-hybridized carbons (Fsp3) is 0.400. The largest absolute Gasteiger partial charge is 0.370 e. The second kappa shape index (κ2) is 8.36. The minimum Gasteiger partial charge on any atom is -0.370 e. The lowest BCUT2D eigenvalue weighted by molar-refractivity contribution is -0.0511. The summed E-state index contributed by atoms with van der Waals surface area (Å²) in [7, 11) is 0. The Bertz CT molecular complexity index is 1390. The van der Waals surface area contributed by atoms with Crippen molar-refractivity contribution in [2.45, 2.75) is 63.7 Å². The van der Waals surface area contributed by atoms with E-state index in [9.17, 15) is 4.39 Å². The molecule has 4 heterocycles. The van der Waals surface area contributed by atoms with Gasteiger partial charge >= 0.3 is 0 Å². The van der Waals surface area contributed by atoms with Gasteiger partial charge in [0.25, 0.3) is 0 Å². The molecule has 2 aliphatic rings. The van der Waals surface area contributed by atoms with Crippen molar-refractivity contribution in [3.8, 4) is 11.3 Å². The van der Waals surface area contributed by atoms with Gasteiger partial charge in [-0.05, 0) is 57.7 Å². The Morgan fingerprint density at radius 2 is 1.97 bits per heavy atom. The average Bonchev–Trinajstić information content (AvgIpc) is 3.54. The maximum absolute atomic E-state index is 14.9. The second-order valence-electron chi connectivity index (χ2n) is 9.33. The Labute approximate surface area is 201 Å². The van der Waals surface area contributed by atoms with Gasteiger partial charge in [0.15, 0.2) is 5.65 Å². The van der Waals surface area contributed by atoms with Crippen LogP contribution in [0.15, 0.2) is 36.8 Å². The summed E-state index contributed by atoms with van der Waals surface area (Å²) in [6, 6.07) is 5.09. The van der Waals surface area contributed by atoms with Crippen molar-refractivity contribution in [1.29, 1.82) is 0 Å². The topological polar surface area (TPSA) is 78.6 Å². The Hall–Kier alpha value is -2.97. The standard InChI is InChI=1S/C25H24ClFN6O/c1-13-10-28-23-22(19-6-3-17(26)9-20(19)27)31-24(32-25(23)30-13)15-7-14(2)34-21(8-15)16-11-29-33(12-16)18-4-5-18/h3,6,9-12,14-15,18,21H,4-5,7-8H2,1-2H3/t14-,15+,21+/m1/s1. The van der Waals surface area contributed by atoms with E-state index in [-0.39, 0.29) is 18.1 Å². The molecule has 0 N–H and O–H groups in total. The molecule has 4 aromatic rings. The van der Waals surface area contributed by atoms with Crippen LogP contribution in [0.25, 0.3) is 22.4 Å². The normalized spacial score (nSPS) is 22.9. The molecule has 0 bridgehead atoms. The lowest BCUT2D eigenvalue weighted by atomic mass is 9.89. The van der Waals surface area contributed by atoms with E-state index in [1.165, 1.54) is 18.9 Å². The van der Waals surface area contributed by atoms with Crippen LogP contribution in [0, 0.1) is 12.7 Å². The molecule has 0 radical (unpaired) electrons. The summed E-state index contributed by atoms with van der Waals surface area (Å²) < 4.78 is 23.2. The van der Waals surface area contributed by atoms with Gasteiger partial charge in [0.1, 0.15) is 22.9 Å². The minimum atomic E-state index is -0.452. The second-order valence-corrected chi connectivity index (χ2v) is 9.76. The maximum atomic E-state index is 14.9. The molecule has 174 valence electrons. The molecular formula is C25H24ClFN6O. The van der Waals surface area contributed by atoms with Gasteiger partial charge in [0.05, 0.1) is 30.1 Å². The molecule has 2 fully saturated rings. The van der Waals surface area contributed by atoms with Crippen molar-refractivity contribution in [3.05, 3.63) is 64.7 Å². The summed E-state index contributed by atoms with van der Waals surface area (Å²) in [4.78, 5) is 18.7. The van der Waals surface area contributed by atoms with E-state index in [4.69, 9.17) is 26.3 Å². The molecule has 3 aromatic heterocycles. The predicted octanol–water partition coefficient (Wildman–Crippen LogP) is 5.74. The van der Waals surface area contributed by atoms with Crippen LogP contribution in [-0.4, -0.2) is 35.8 Å². The number of aryl methyl sites for hydroxylation is 1. The van der Waals surface area contributed by atoms with Crippen molar-refractivity contribution in [1.82, 2.24) is 29.7 Å². The molecule has 0 spiro atoms. The number of rotatable bonds is 4. The number of halogens is 2. The van der Waals surface area contributed by atoms with Gasteiger partial charge in [-0.25, -0.2) is 24.3 Å². The monoisotopic (exact) mass is 478 g/mol. The van der Waals surface area contributed by atoms with E-state index in [0.717, 1.165) is 17.7 Å². The number of hydrogen-bond acceptors (Lipinski definition) is 6. The number of ether oxygens (including phenoxy) is 1. The Balaban J connectivity index is 1.41. The zero-order valence-corrected chi connectivity index (χ0v) is 19.7. The summed E-state index contributed by atoms with van der Waals surface area (Å²) in [6.45, 7) is 3.93. The molecule has 1 aliphatic carbocycles. The highest BCUT2D eigenvalue weighted by molar-refractivity contribution is 6.30. The average molecular weight is 479 g/mol. The number of nitrogens with zero attached hydrogens (tertiary/aromatic N) is 6. The third kappa shape index (κ3) is 4.05. The van der Waals surface area contributed by atoms with E-state index >= 15 is 0 Å². The van der Waals surface area contributed by atoms with Gasteiger partial charge in [-0.3, -0.25) is 4.68 Å². The first-order valence-electron chi connectivity index (χ1n) is 11.6. The van der Waals surface area contributed by atoms with Crippen molar-refractivity contribution in [2.75, 3.05) is 0 Å². The van der Waals surface area contributed by atoms with Crippen molar-refractivity contribution in [3.63, 3.8) is 0 Å². The lowest BCUT2D eigenvalue weighted by Crippen LogP contribution is -2.26. The van der Waals surface area contributed by atoms with Gasteiger partial charge in [0.2, 0.25) is 0 Å². The van der Waals surface area contributed by atoms with Crippen molar-refractivity contribution < 1.29 is 9.13 Å². The summed E-state index contributed by atoms with van der Waals surface area (Å²) in [5, 5.41) is 4.86. The Morgan fingerprint density at radius 1 is 1.12 bits per heavy atom. The van der Waals surface area contributed by atoms with Gasteiger partial charge in [-0.1, -0.05) is 11.6 Å². The number of hydrogen-bond donors (Lipinski definition) is 0. The van der Waals surface area contributed by atoms with Crippen LogP contribution in [0.1, 0.15) is 67.8 Å². The Kier molecular flexibility index (Phi) is 5.30. The summed E-state index contributed by atoms with van der Waals surface area (Å²) in [5.41, 5.74) is 3.51. The van der Waals surface area contributed by atoms with Crippen molar-refractivity contribution >= 4 is 22.8 Å². The van der Waals surface area contributed by atoms with E-state index < -0.39 is 5.82 Å². The number of benzene rings is 1. The third-order valence-electron chi connectivity index (χ3n) is 6.52. The summed E-state index contributed by atoms with van der Waals surface area (Å²) >= 11 is 5.99. The highest BCUT2D eigenvalue weighted by Gasteiger charge is 2.33. The fourth-order valence-electron chi connectivity index (χ4n) is 4.69. The zero-order chi connectivity index (χ0) is 23.4. The van der Waals surface area contributed by atoms with Crippen LogP contribution in [0.2, 0.25) is 5.02 Å². The molecule has 7 nitrogen and oxygen atoms in total. The first-order valence-corrected chi connectivity index (χ1v) is 12.0. The molecule has 1 aromatic carbocycles. The highest BCUT2D eigenvalue weighted by Crippen LogP contribution is 2.41. The SMILES string of the molecule is Cc1cnc2c(-c3ccc(Cl)cc3F)nc([C@H]3C[C@@H](C)O[C@H](c4cnn(C5CC5)c4)C3)nc2n1. The maximum Gasteiger partial charge on any atom is 0.182 e. The van der Waals surface area contributed by atoms with Crippen molar-refractivity contribution in [2.24, 2.45) is 0 Å². The molecule has 34 heavy (non-hydrogen) atoms. The zero-order valence-electron chi connectivity index (χ0n) is 18.9. The van der Waals surface area contributed by atoms with Crippen LogP contribution in [0.4, 0.5) is 4.39 Å². The predicted molar refractivity (Wildman–Crippen MR) is 126 cm³/mol. The quantitative estimate of drug-likeness (QED) is 0.372. The minimum absolute atomic E-state index is 0.0200. The van der Waals surface area contributed by atoms with Crippen LogP contribution >= 0.6 is 11.6 Å². The highest BCUT2D eigenvalue weighted by atomic mass is 35.5. The molecule has 1 saturated heterocycles. The van der Waals surface area contributed by atoms with Gasteiger partial charge in [-0.15, -0.1) is 0 Å². The molecule has 3 atom stereocenters. The van der Waals surface area contributed by atoms with Crippen LogP contribution in [0.3, 0.4) is 0 Å². The number of aromatic nitrogens is 6. The van der Waals surface area contributed by atoms with E-state index in [1.807, 2.05) is 17.8 Å². The third-order valence-corrected chi connectivity index (χ3v) is 6.76. The number of fused-ring (bicyclic) bond motifs is 1. The van der Waals surface area contributed by atoms with E-state index in [2.05, 4.69) is 28.2 Å². The Morgan fingerprint density at radius 3 is 2.76 bits per heavy atom. The van der Waals surface area contributed by atoms with Crippen LogP contribution in [0.5, 0.6) is 0 Å². The smallest absolute Gasteiger partial charge is 0.182 e. The summed E-state index contributed by atoms with van der Waals surface area (Å²) in [6.07, 6.45) is 9.42. The lowest BCUT2D eigenvalue weighted by Gasteiger charge is -2.33. The molecule has 1 aliphatic heterocycles. The first-order chi connectivity index (χ1) is 16.4. The molecule has 6 rings (SSSR count). The molecule has 0 unspecified atom stereocenters. The first kappa shape index (κ1) is 21.6. The van der Waals surface area contributed by atoms with E-state index in [0.29, 0.717) is 45.7 Å². The van der Waals surface area contributed by atoms with E-state index in [1.54, 1.807) is 18.3 Å². The van der Waals surface area contributed by atoms with Gasteiger partial charge < -0.3 is 4.74 Å².